The fourth-order valence-electron chi connectivity index (χ4n) is 4.99. The van der Waals surface area contributed by atoms with Crippen LogP contribution in [0.5, 0.6) is 0 Å². The Kier molecular flexibility index (Phi) is 9.60. The van der Waals surface area contributed by atoms with Gasteiger partial charge in [-0.1, -0.05) is 67.9 Å². The molecule has 3 aromatic rings. The number of nitrogens with zero attached hydrogens (tertiary/aromatic N) is 2. The molecule has 1 unspecified atom stereocenters. The minimum Gasteiger partial charge on any atom is -0.351 e. The summed E-state index contributed by atoms with van der Waals surface area (Å²) >= 11 is 6.04. The van der Waals surface area contributed by atoms with Crippen LogP contribution in [0.25, 0.3) is 0 Å². The maximum atomic E-state index is 14.0. The lowest BCUT2D eigenvalue weighted by Gasteiger charge is -2.34. The smallest absolute Gasteiger partial charge is 0.251 e. The lowest BCUT2D eigenvalue weighted by Crippen LogP contribution is -2.37. The number of hydrogen-bond donors (Lipinski definition) is 1. The summed E-state index contributed by atoms with van der Waals surface area (Å²) in [5, 5.41) is 3.47. The number of halogens is 1. The molecule has 38 heavy (non-hydrogen) atoms. The van der Waals surface area contributed by atoms with E-state index in [2.05, 4.69) is 10.2 Å². The molecule has 0 saturated carbocycles. The van der Waals surface area contributed by atoms with Crippen LogP contribution in [-0.2, 0) is 16.6 Å². The summed E-state index contributed by atoms with van der Waals surface area (Å²) in [5.41, 5.74) is 2.29. The number of amides is 1. The van der Waals surface area contributed by atoms with Gasteiger partial charge in [0.15, 0.2) is 0 Å². The zero-order valence-electron chi connectivity index (χ0n) is 22.0. The normalized spacial score (nSPS) is 15.2. The first-order chi connectivity index (χ1) is 18.3. The van der Waals surface area contributed by atoms with E-state index >= 15 is 0 Å². The molecule has 0 aliphatic carbocycles. The minimum atomic E-state index is -3.86. The highest BCUT2D eigenvalue weighted by molar-refractivity contribution is 7.89. The molecule has 1 aliphatic heterocycles. The molecule has 1 atom stereocenters. The van der Waals surface area contributed by atoms with E-state index in [9.17, 15) is 13.2 Å². The number of carbonyl (C=O) groups excluding carboxylic acids is 1. The fraction of sp³-hybridized carbons (Fsp3) is 0.367. The van der Waals surface area contributed by atoms with Gasteiger partial charge in [-0.15, -0.1) is 0 Å². The SMILES string of the molecule is CC(C)C(c1ccccc1)N(Cc1ccc(C(=O)NCCN2CCCC2)cc1)S(=O)(=O)c1ccc(Cl)cc1. The molecule has 0 bridgehead atoms. The largest absolute Gasteiger partial charge is 0.351 e. The summed E-state index contributed by atoms with van der Waals surface area (Å²) in [6.07, 6.45) is 2.45. The van der Waals surface area contributed by atoms with E-state index < -0.39 is 10.0 Å². The van der Waals surface area contributed by atoms with Crippen LogP contribution in [0.2, 0.25) is 5.02 Å². The van der Waals surface area contributed by atoms with Gasteiger partial charge in [-0.2, -0.15) is 4.31 Å². The van der Waals surface area contributed by atoms with E-state index in [1.807, 2.05) is 56.3 Å². The molecule has 1 heterocycles. The van der Waals surface area contributed by atoms with Crippen LogP contribution in [0.15, 0.2) is 83.8 Å². The van der Waals surface area contributed by atoms with Crippen molar-refractivity contribution in [2.24, 2.45) is 5.92 Å². The Morgan fingerprint density at radius 3 is 2.18 bits per heavy atom. The molecule has 1 fully saturated rings. The van der Waals surface area contributed by atoms with Crippen LogP contribution in [0, 0.1) is 5.92 Å². The van der Waals surface area contributed by atoms with Gasteiger partial charge in [-0.25, -0.2) is 8.42 Å². The van der Waals surface area contributed by atoms with E-state index in [4.69, 9.17) is 11.6 Å². The Morgan fingerprint density at radius 1 is 0.947 bits per heavy atom. The van der Waals surface area contributed by atoms with E-state index in [0.29, 0.717) is 17.1 Å². The molecule has 8 heteroatoms. The number of sulfonamides is 1. The van der Waals surface area contributed by atoms with Crippen molar-refractivity contribution in [3.05, 3.63) is 101 Å². The van der Waals surface area contributed by atoms with E-state index in [-0.39, 0.29) is 29.3 Å². The van der Waals surface area contributed by atoms with Gasteiger partial charge in [-0.3, -0.25) is 4.79 Å². The second kappa shape index (κ2) is 12.9. The van der Waals surface area contributed by atoms with E-state index in [0.717, 1.165) is 30.8 Å². The van der Waals surface area contributed by atoms with E-state index in [1.54, 1.807) is 40.7 Å². The summed E-state index contributed by atoms with van der Waals surface area (Å²) in [7, 11) is -3.86. The summed E-state index contributed by atoms with van der Waals surface area (Å²) in [5.74, 6) is -0.106. The lowest BCUT2D eigenvalue weighted by atomic mass is 9.95. The molecule has 202 valence electrons. The maximum Gasteiger partial charge on any atom is 0.251 e. The minimum absolute atomic E-state index is 0.0140. The Labute approximate surface area is 231 Å². The highest BCUT2D eigenvalue weighted by atomic mass is 35.5. The molecule has 6 nitrogen and oxygen atoms in total. The number of rotatable bonds is 11. The molecule has 1 saturated heterocycles. The van der Waals surface area contributed by atoms with Crippen molar-refractivity contribution in [3.8, 4) is 0 Å². The molecular formula is C30H36ClN3O3S. The van der Waals surface area contributed by atoms with Crippen LogP contribution in [0.3, 0.4) is 0 Å². The Balaban J connectivity index is 1.57. The summed E-state index contributed by atoms with van der Waals surface area (Å²) < 4.78 is 29.5. The highest BCUT2D eigenvalue weighted by Crippen LogP contribution is 2.35. The molecule has 0 spiro atoms. The molecule has 3 aromatic carbocycles. The standard InChI is InChI=1S/C30H36ClN3O3S/c1-23(2)29(25-8-4-3-5-9-25)34(38(36,37)28-16-14-27(31)15-17-28)22-24-10-12-26(13-11-24)30(35)32-18-21-33-19-6-7-20-33/h3-5,8-17,23,29H,6-7,18-22H2,1-2H3,(H,32,35). The topological polar surface area (TPSA) is 69.7 Å². The van der Waals surface area contributed by atoms with Gasteiger partial charge >= 0.3 is 0 Å². The van der Waals surface area contributed by atoms with Crippen molar-refractivity contribution in [3.63, 3.8) is 0 Å². The number of benzene rings is 3. The molecule has 1 aliphatic rings. The number of nitrogens with one attached hydrogen (secondary N) is 1. The van der Waals surface area contributed by atoms with Crippen molar-refractivity contribution in [1.82, 2.24) is 14.5 Å². The first kappa shape index (κ1) is 28.3. The van der Waals surface area contributed by atoms with Crippen LogP contribution in [-0.4, -0.2) is 49.7 Å². The lowest BCUT2D eigenvalue weighted by molar-refractivity contribution is 0.0949. The van der Waals surface area contributed by atoms with Crippen LogP contribution in [0.4, 0.5) is 0 Å². The van der Waals surface area contributed by atoms with Gasteiger partial charge in [0.05, 0.1) is 10.9 Å². The first-order valence-corrected chi connectivity index (χ1v) is 15.0. The van der Waals surface area contributed by atoms with Crippen molar-refractivity contribution in [2.75, 3.05) is 26.2 Å². The zero-order chi connectivity index (χ0) is 27.1. The van der Waals surface area contributed by atoms with Gasteiger partial charge in [-0.05, 0) is 79.4 Å². The second-order valence-corrected chi connectivity index (χ2v) is 12.4. The molecule has 0 radical (unpaired) electrons. The summed E-state index contributed by atoms with van der Waals surface area (Å²) in [4.78, 5) is 15.2. The highest BCUT2D eigenvalue weighted by Gasteiger charge is 2.34. The quantitative estimate of drug-likeness (QED) is 0.328. The Morgan fingerprint density at radius 2 is 1.58 bits per heavy atom. The van der Waals surface area contributed by atoms with Gasteiger partial charge in [0, 0.05) is 30.2 Å². The average molecular weight is 554 g/mol. The molecule has 1 amide bonds. The predicted octanol–water partition coefficient (Wildman–Crippen LogP) is 5.75. The average Bonchev–Trinajstić information content (AvgIpc) is 3.43. The van der Waals surface area contributed by atoms with Gasteiger partial charge in [0.25, 0.3) is 5.91 Å². The van der Waals surface area contributed by atoms with Crippen molar-refractivity contribution in [2.45, 2.75) is 44.2 Å². The monoisotopic (exact) mass is 553 g/mol. The van der Waals surface area contributed by atoms with Crippen LogP contribution in [0.1, 0.15) is 54.2 Å². The Bertz CT molecular complexity index is 1290. The van der Waals surface area contributed by atoms with Crippen LogP contribution < -0.4 is 5.32 Å². The van der Waals surface area contributed by atoms with Crippen molar-refractivity contribution >= 4 is 27.5 Å². The van der Waals surface area contributed by atoms with Crippen molar-refractivity contribution < 1.29 is 13.2 Å². The summed E-state index contributed by atoms with van der Waals surface area (Å²) in [6, 6.07) is 22.8. The number of carbonyl (C=O) groups is 1. The fourth-order valence-corrected chi connectivity index (χ4v) is 6.85. The van der Waals surface area contributed by atoms with Crippen molar-refractivity contribution in [1.29, 1.82) is 0 Å². The number of likely N-dealkylation sites (tertiary alicyclic amines) is 1. The third kappa shape index (κ3) is 7.03. The second-order valence-electron chi connectivity index (χ2n) is 10.1. The third-order valence-corrected chi connectivity index (χ3v) is 9.06. The Hall–Kier alpha value is -2.71. The van der Waals surface area contributed by atoms with Gasteiger partial charge < -0.3 is 10.2 Å². The summed E-state index contributed by atoms with van der Waals surface area (Å²) in [6.45, 7) is 7.88. The molecule has 0 aromatic heterocycles. The molecule has 1 N–H and O–H groups in total. The van der Waals surface area contributed by atoms with E-state index in [1.165, 1.54) is 12.8 Å². The number of hydrogen-bond acceptors (Lipinski definition) is 4. The predicted molar refractivity (Wildman–Crippen MR) is 153 cm³/mol. The first-order valence-electron chi connectivity index (χ1n) is 13.2. The van der Waals surface area contributed by atoms with Gasteiger partial charge in [0.2, 0.25) is 10.0 Å². The molecule has 4 rings (SSSR count). The molecular weight excluding hydrogens is 518 g/mol. The van der Waals surface area contributed by atoms with Gasteiger partial charge in [0.1, 0.15) is 0 Å². The van der Waals surface area contributed by atoms with Crippen LogP contribution >= 0.6 is 11.6 Å². The third-order valence-electron chi connectivity index (χ3n) is 6.97. The zero-order valence-corrected chi connectivity index (χ0v) is 23.6. The maximum absolute atomic E-state index is 14.0.